The van der Waals surface area contributed by atoms with E-state index < -0.39 is 0 Å². The first-order chi connectivity index (χ1) is 5.79. The van der Waals surface area contributed by atoms with Gasteiger partial charge in [0.2, 0.25) is 0 Å². The number of hydrogen-bond donors (Lipinski definition) is 2. The molecule has 2 aliphatic rings. The lowest BCUT2D eigenvalue weighted by atomic mass is 9.69. The monoisotopic (exact) mass is 186 g/mol. The van der Waals surface area contributed by atoms with Gasteiger partial charge >= 0.3 is 0 Å². The van der Waals surface area contributed by atoms with E-state index in [0.717, 1.165) is 12.8 Å². The van der Waals surface area contributed by atoms with E-state index in [0.29, 0.717) is 17.1 Å². The van der Waals surface area contributed by atoms with E-state index >= 15 is 0 Å². The van der Waals surface area contributed by atoms with E-state index in [9.17, 15) is 5.11 Å². The molecule has 0 aromatic carbocycles. The summed E-state index contributed by atoms with van der Waals surface area (Å²) in [4.78, 5) is 0. The predicted octanol–water partition coefficient (Wildman–Crippen LogP) is 2.25. The minimum absolute atomic E-state index is 0.0151. The molecule has 2 saturated carbocycles. The summed E-state index contributed by atoms with van der Waals surface area (Å²) in [6.45, 7) is 0. The second-order valence-corrected chi connectivity index (χ2v) is 4.99. The van der Waals surface area contributed by atoms with Gasteiger partial charge in [0, 0.05) is 5.25 Å². The van der Waals surface area contributed by atoms with Gasteiger partial charge in [0.15, 0.2) is 0 Å². The molecule has 12 heavy (non-hydrogen) atoms. The van der Waals surface area contributed by atoms with Crippen LogP contribution in [0.3, 0.4) is 0 Å². The molecule has 1 nitrogen and oxygen atoms in total. The highest BCUT2D eigenvalue weighted by Gasteiger charge is 2.38. The van der Waals surface area contributed by atoms with Crippen LogP contribution in [0.15, 0.2) is 0 Å². The van der Waals surface area contributed by atoms with Crippen molar-refractivity contribution in [3.05, 3.63) is 0 Å². The first kappa shape index (κ1) is 8.89. The lowest BCUT2D eigenvalue weighted by molar-refractivity contribution is 0.0142. The number of thiol groups is 1. The van der Waals surface area contributed by atoms with E-state index in [4.69, 9.17) is 0 Å². The van der Waals surface area contributed by atoms with Gasteiger partial charge < -0.3 is 5.11 Å². The third-order valence-electron chi connectivity index (χ3n) is 3.62. The summed E-state index contributed by atoms with van der Waals surface area (Å²) in [6.07, 6.45) is 7.29. The third-order valence-corrected chi connectivity index (χ3v) is 4.26. The molecule has 0 radical (unpaired) electrons. The molecule has 0 aliphatic heterocycles. The summed E-state index contributed by atoms with van der Waals surface area (Å²) in [5.41, 5.74) is 0. The van der Waals surface area contributed by atoms with Crippen LogP contribution >= 0.6 is 12.6 Å². The lowest BCUT2D eigenvalue weighted by Gasteiger charge is -2.42. The van der Waals surface area contributed by atoms with Gasteiger partial charge in [0.05, 0.1) is 6.10 Å². The molecular weight excluding hydrogens is 168 g/mol. The Kier molecular flexibility index (Phi) is 2.66. The summed E-state index contributed by atoms with van der Waals surface area (Å²) in [5, 5.41) is 10.4. The van der Waals surface area contributed by atoms with Crippen LogP contribution in [0.25, 0.3) is 0 Å². The van der Waals surface area contributed by atoms with Crippen molar-refractivity contribution in [2.75, 3.05) is 0 Å². The number of aliphatic hydroxyl groups is 1. The molecule has 70 valence electrons. The maximum Gasteiger partial charge on any atom is 0.0571 e. The molecule has 0 aromatic heterocycles. The predicted molar refractivity (Wildman–Crippen MR) is 53.5 cm³/mol. The standard InChI is InChI=1S/C10H18OS/c11-9-5-6-10(12)8-4-2-1-3-7(8)9/h7-12H,1-6H2. The first-order valence-corrected chi connectivity index (χ1v) is 5.67. The number of aliphatic hydroxyl groups excluding tert-OH is 1. The first-order valence-electron chi connectivity index (χ1n) is 5.15. The van der Waals surface area contributed by atoms with E-state index in [1.807, 2.05) is 0 Å². The highest BCUT2D eigenvalue weighted by Crippen LogP contribution is 2.42. The van der Waals surface area contributed by atoms with Gasteiger partial charge in [-0.1, -0.05) is 12.8 Å². The van der Waals surface area contributed by atoms with E-state index in [1.165, 1.54) is 25.7 Å². The molecule has 2 heteroatoms. The zero-order chi connectivity index (χ0) is 8.55. The molecule has 0 heterocycles. The fourth-order valence-electron chi connectivity index (χ4n) is 2.91. The molecule has 2 rings (SSSR count). The fourth-order valence-corrected chi connectivity index (χ4v) is 3.43. The molecule has 0 spiro atoms. The van der Waals surface area contributed by atoms with Gasteiger partial charge in [-0.05, 0) is 37.5 Å². The van der Waals surface area contributed by atoms with Gasteiger partial charge in [-0.2, -0.15) is 12.6 Å². The molecule has 0 amide bonds. The fraction of sp³-hybridized carbons (Fsp3) is 1.00. The van der Waals surface area contributed by atoms with Crippen molar-refractivity contribution in [3.63, 3.8) is 0 Å². The van der Waals surface area contributed by atoms with E-state index in [1.54, 1.807) is 0 Å². The van der Waals surface area contributed by atoms with Crippen molar-refractivity contribution in [2.24, 2.45) is 11.8 Å². The number of hydrogen-bond acceptors (Lipinski definition) is 2. The van der Waals surface area contributed by atoms with Crippen LogP contribution in [0.1, 0.15) is 38.5 Å². The molecular formula is C10H18OS. The van der Waals surface area contributed by atoms with Gasteiger partial charge in [0.1, 0.15) is 0 Å². The molecule has 4 unspecified atom stereocenters. The molecule has 0 saturated heterocycles. The van der Waals surface area contributed by atoms with E-state index in [-0.39, 0.29) is 6.10 Å². The van der Waals surface area contributed by atoms with Crippen LogP contribution in [0.4, 0.5) is 0 Å². The van der Waals surface area contributed by atoms with Crippen molar-refractivity contribution in [2.45, 2.75) is 49.9 Å². The van der Waals surface area contributed by atoms with Gasteiger partial charge in [-0.15, -0.1) is 0 Å². The van der Waals surface area contributed by atoms with Gasteiger partial charge in [-0.25, -0.2) is 0 Å². The van der Waals surface area contributed by atoms with Crippen LogP contribution in [0.5, 0.6) is 0 Å². The van der Waals surface area contributed by atoms with Crippen LogP contribution in [0, 0.1) is 11.8 Å². The van der Waals surface area contributed by atoms with Gasteiger partial charge in [0.25, 0.3) is 0 Å². The van der Waals surface area contributed by atoms with Crippen LogP contribution in [0.2, 0.25) is 0 Å². The topological polar surface area (TPSA) is 20.2 Å². The number of rotatable bonds is 0. The van der Waals surface area contributed by atoms with Crippen molar-refractivity contribution < 1.29 is 5.11 Å². The van der Waals surface area contributed by atoms with Crippen molar-refractivity contribution >= 4 is 12.6 Å². The van der Waals surface area contributed by atoms with Crippen LogP contribution < -0.4 is 0 Å². The van der Waals surface area contributed by atoms with Crippen LogP contribution in [-0.2, 0) is 0 Å². The maximum absolute atomic E-state index is 9.79. The van der Waals surface area contributed by atoms with E-state index in [2.05, 4.69) is 12.6 Å². The van der Waals surface area contributed by atoms with Crippen molar-refractivity contribution in [1.29, 1.82) is 0 Å². The Bertz CT molecular complexity index is 142. The summed E-state index contributed by atoms with van der Waals surface area (Å²) in [5.74, 6) is 1.29. The minimum Gasteiger partial charge on any atom is -0.393 e. The smallest absolute Gasteiger partial charge is 0.0571 e. The SMILES string of the molecule is OC1CCC(S)C2CCCCC12. The highest BCUT2D eigenvalue weighted by molar-refractivity contribution is 7.81. The zero-order valence-electron chi connectivity index (χ0n) is 7.45. The molecule has 1 N–H and O–H groups in total. The number of fused-ring (bicyclic) bond motifs is 1. The Morgan fingerprint density at radius 3 is 2.25 bits per heavy atom. The Balaban J connectivity index is 2.05. The summed E-state index contributed by atoms with van der Waals surface area (Å²) >= 11 is 4.61. The quantitative estimate of drug-likeness (QED) is 0.556. The molecule has 0 aromatic rings. The van der Waals surface area contributed by atoms with Crippen molar-refractivity contribution in [1.82, 2.24) is 0 Å². The van der Waals surface area contributed by atoms with Crippen LogP contribution in [-0.4, -0.2) is 16.5 Å². The Morgan fingerprint density at radius 2 is 1.58 bits per heavy atom. The zero-order valence-corrected chi connectivity index (χ0v) is 8.34. The largest absolute Gasteiger partial charge is 0.393 e. The van der Waals surface area contributed by atoms with Gasteiger partial charge in [-0.3, -0.25) is 0 Å². The molecule has 2 fully saturated rings. The maximum atomic E-state index is 9.79. The minimum atomic E-state index is -0.0151. The third kappa shape index (κ3) is 1.51. The highest BCUT2D eigenvalue weighted by atomic mass is 32.1. The lowest BCUT2D eigenvalue weighted by Crippen LogP contribution is -2.40. The second-order valence-electron chi connectivity index (χ2n) is 4.32. The average molecular weight is 186 g/mol. The van der Waals surface area contributed by atoms with Crippen molar-refractivity contribution in [3.8, 4) is 0 Å². The summed E-state index contributed by atoms with van der Waals surface area (Å²) in [7, 11) is 0. The second kappa shape index (κ2) is 3.59. The molecule has 4 atom stereocenters. The average Bonchev–Trinajstić information content (AvgIpc) is 2.12. The molecule has 0 bridgehead atoms. The summed E-state index contributed by atoms with van der Waals surface area (Å²) in [6, 6.07) is 0. The summed E-state index contributed by atoms with van der Waals surface area (Å²) < 4.78 is 0. The Hall–Kier alpha value is 0.310. The Labute approximate surface area is 80.0 Å². The Morgan fingerprint density at radius 1 is 0.917 bits per heavy atom. The molecule has 2 aliphatic carbocycles. The normalized spacial score (nSPS) is 48.5.